The van der Waals surface area contributed by atoms with Crippen LogP contribution in [0.3, 0.4) is 0 Å². The number of carbonyl (C=O) groups is 1. The number of piperidine rings is 1. The molecule has 3 heterocycles. The fourth-order valence-electron chi connectivity index (χ4n) is 6.63. The number of β-amino-alcohol motifs (C(OH)–C–C–N with tert-alkyl or cyclic N) is 1. The largest absolute Gasteiger partial charge is 0.496 e. The maximum absolute atomic E-state index is 11.6. The fraction of sp³-hybridized carbons (Fsp3) is 0.400. The SMILES string of the molecule is [2H]C([2H])([2H])Oc1cc(Cl)ccc1[C@@]1(C)C=Cc2cccc(C3CCN(CC4Nc5cc(C(=O)O)ccc5N4C[C@@H](O)CC)CC3)c2O1. The van der Waals surface area contributed by atoms with Gasteiger partial charge in [0.2, 0.25) is 0 Å². The minimum atomic E-state index is -2.64. The monoisotopic (exact) mass is 620 g/mol. The van der Waals surface area contributed by atoms with Crippen molar-refractivity contribution in [3.05, 3.63) is 87.9 Å². The fourth-order valence-corrected chi connectivity index (χ4v) is 6.79. The van der Waals surface area contributed by atoms with Crippen molar-refractivity contribution in [1.82, 2.24) is 4.90 Å². The minimum absolute atomic E-state index is 0.101. The van der Waals surface area contributed by atoms with Crippen LogP contribution in [0.4, 0.5) is 11.4 Å². The summed E-state index contributed by atoms with van der Waals surface area (Å²) in [5.74, 6) is 0.222. The van der Waals surface area contributed by atoms with E-state index in [1.165, 1.54) is 6.07 Å². The molecule has 0 saturated carbocycles. The van der Waals surface area contributed by atoms with Gasteiger partial charge in [-0.2, -0.15) is 0 Å². The Hall–Kier alpha value is -3.72. The number of nitrogens with zero attached hydrogens (tertiary/aromatic N) is 2. The number of ether oxygens (including phenoxy) is 2. The molecule has 1 fully saturated rings. The van der Waals surface area contributed by atoms with Crippen LogP contribution in [0.1, 0.15) is 70.2 Å². The summed E-state index contributed by atoms with van der Waals surface area (Å²) >= 11 is 6.22. The van der Waals surface area contributed by atoms with Gasteiger partial charge < -0.3 is 29.9 Å². The van der Waals surface area contributed by atoms with Crippen molar-refractivity contribution in [2.75, 3.05) is 43.4 Å². The molecule has 0 radical (unpaired) electrons. The molecule has 0 spiro atoms. The predicted octanol–water partition coefficient (Wildman–Crippen LogP) is 6.58. The van der Waals surface area contributed by atoms with Crippen LogP contribution in [0.5, 0.6) is 11.5 Å². The van der Waals surface area contributed by atoms with Crippen molar-refractivity contribution in [2.45, 2.75) is 56.9 Å². The molecule has 0 aliphatic carbocycles. The Balaban J connectivity index is 1.17. The molecule has 0 amide bonds. The van der Waals surface area contributed by atoms with E-state index in [2.05, 4.69) is 21.2 Å². The summed E-state index contributed by atoms with van der Waals surface area (Å²) in [6.07, 6.45) is 5.79. The number of aliphatic hydroxyl groups excluding tert-OH is 1. The van der Waals surface area contributed by atoms with Crippen LogP contribution in [0.2, 0.25) is 5.02 Å². The van der Waals surface area contributed by atoms with E-state index in [0.29, 0.717) is 30.1 Å². The van der Waals surface area contributed by atoms with Crippen LogP contribution in [0.25, 0.3) is 6.08 Å². The van der Waals surface area contributed by atoms with E-state index >= 15 is 0 Å². The van der Waals surface area contributed by atoms with Gasteiger partial charge in [-0.25, -0.2) is 4.79 Å². The summed E-state index contributed by atoms with van der Waals surface area (Å²) in [4.78, 5) is 16.2. The number of hydrogen-bond acceptors (Lipinski definition) is 7. The minimum Gasteiger partial charge on any atom is -0.496 e. The highest BCUT2D eigenvalue weighted by Crippen LogP contribution is 2.46. The molecule has 3 aromatic rings. The normalized spacial score (nSPS) is 23.4. The van der Waals surface area contributed by atoms with Crippen molar-refractivity contribution in [1.29, 1.82) is 0 Å². The first kappa shape index (κ1) is 26.7. The first-order chi connectivity index (χ1) is 22.3. The van der Waals surface area contributed by atoms with Crippen LogP contribution >= 0.6 is 11.6 Å². The number of anilines is 2. The number of para-hydroxylation sites is 1. The molecule has 9 heteroatoms. The molecule has 1 saturated heterocycles. The second-order valence-electron chi connectivity index (χ2n) is 12.0. The smallest absolute Gasteiger partial charge is 0.335 e. The Morgan fingerprint density at radius 3 is 2.80 bits per heavy atom. The highest BCUT2D eigenvalue weighted by molar-refractivity contribution is 6.30. The molecule has 0 aromatic heterocycles. The molecule has 0 bridgehead atoms. The zero-order chi connectivity index (χ0) is 33.5. The van der Waals surface area contributed by atoms with Gasteiger partial charge in [-0.15, -0.1) is 0 Å². The number of carboxylic acids is 1. The van der Waals surface area contributed by atoms with E-state index in [1.54, 1.807) is 24.3 Å². The highest BCUT2D eigenvalue weighted by Gasteiger charge is 2.36. The number of hydrogen-bond donors (Lipinski definition) is 3. The van der Waals surface area contributed by atoms with Gasteiger partial charge in [0, 0.05) is 29.2 Å². The summed E-state index contributed by atoms with van der Waals surface area (Å²) in [5.41, 5.74) is 3.57. The van der Waals surface area contributed by atoms with Gasteiger partial charge in [0.1, 0.15) is 17.7 Å². The molecule has 3 aliphatic heterocycles. The van der Waals surface area contributed by atoms with Gasteiger partial charge in [-0.1, -0.05) is 42.8 Å². The number of likely N-dealkylation sites (tertiary alicyclic amines) is 1. The zero-order valence-corrected chi connectivity index (χ0v) is 25.7. The first-order valence-corrected chi connectivity index (χ1v) is 15.5. The lowest BCUT2D eigenvalue weighted by Crippen LogP contribution is -2.49. The number of methoxy groups -OCH3 is 1. The molecule has 3 N–H and O–H groups in total. The third-order valence-corrected chi connectivity index (χ3v) is 9.38. The average Bonchev–Trinajstić information content (AvgIpc) is 3.35. The van der Waals surface area contributed by atoms with Crippen molar-refractivity contribution >= 4 is 35.0 Å². The van der Waals surface area contributed by atoms with Crippen molar-refractivity contribution in [2.24, 2.45) is 0 Å². The Kier molecular flexibility index (Phi) is 7.48. The summed E-state index contributed by atoms with van der Waals surface area (Å²) in [6, 6.07) is 16.2. The molecule has 3 aliphatic rings. The molecule has 232 valence electrons. The van der Waals surface area contributed by atoms with Crippen LogP contribution in [0, 0.1) is 0 Å². The highest BCUT2D eigenvalue weighted by atomic mass is 35.5. The molecular weight excluding hydrogens is 578 g/mol. The number of benzene rings is 3. The van der Waals surface area contributed by atoms with Crippen LogP contribution in [-0.4, -0.2) is 66.6 Å². The molecule has 6 rings (SSSR count). The lowest BCUT2D eigenvalue weighted by molar-refractivity contribution is 0.0697. The van der Waals surface area contributed by atoms with Crippen molar-refractivity contribution < 1.29 is 28.6 Å². The summed E-state index contributed by atoms with van der Waals surface area (Å²) in [6.45, 7) is 6.73. The van der Waals surface area contributed by atoms with Crippen molar-refractivity contribution in [3.8, 4) is 11.5 Å². The number of halogens is 1. The van der Waals surface area contributed by atoms with Gasteiger partial charge >= 0.3 is 5.97 Å². The van der Waals surface area contributed by atoms with Crippen LogP contribution in [-0.2, 0) is 5.60 Å². The number of nitrogens with one attached hydrogen (secondary N) is 1. The third-order valence-electron chi connectivity index (χ3n) is 9.15. The average molecular weight is 621 g/mol. The van der Waals surface area contributed by atoms with E-state index in [-0.39, 0.29) is 23.4 Å². The lowest BCUT2D eigenvalue weighted by Gasteiger charge is -2.38. The van der Waals surface area contributed by atoms with E-state index in [9.17, 15) is 15.0 Å². The first-order valence-electron chi connectivity index (χ1n) is 16.6. The standard InChI is InChI=1S/C35H40ClN3O5/c1-4-26(40)20-39-30-11-8-24(34(41)42)18-29(30)37-32(39)21-38-16-13-22(14-17-38)27-7-5-6-23-12-15-35(2,44-33(23)27)28-10-9-25(36)19-31(28)43-3/h5-12,15,18-19,22,26,32,37,40H,4,13-14,16-17,20-21H2,1-3H3,(H,41,42)/t26-,32?,35+/m0/s1/i3D3. The van der Waals surface area contributed by atoms with E-state index in [0.717, 1.165) is 54.2 Å². The van der Waals surface area contributed by atoms with Gasteiger partial charge in [-0.3, -0.25) is 4.90 Å². The van der Waals surface area contributed by atoms with Crippen LogP contribution < -0.4 is 19.7 Å². The van der Waals surface area contributed by atoms with Crippen molar-refractivity contribution in [3.63, 3.8) is 0 Å². The predicted molar refractivity (Wildman–Crippen MR) is 174 cm³/mol. The quantitative estimate of drug-likeness (QED) is 0.247. The van der Waals surface area contributed by atoms with E-state index < -0.39 is 24.7 Å². The lowest BCUT2D eigenvalue weighted by atomic mass is 9.85. The molecule has 8 nitrogen and oxygen atoms in total. The van der Waals surface area contributed by atoms with E-state index in [1.807, 2.05) is 44.2 Å². The maximum Gasteiger partial charge on any atom is 0.335 e. The molecule has 1 unspecified atom stereocenters. The molecular formula is C35H40ClN3O5. The topological polar surface area (TPSA) is 94.5 Å². The Labute approximate surface area is 268 Å². The summed E-state index contributed by atoms with van der Waals surface area (Å²) < 4.78 is 35.1. The van der Waals surface area contributed by atoms with E-state index in [4.69, 9.17) is 25.2 Å². The number of aromatic carboxylic acids is 1. The van der Waals surface area contributed by atoms with Gasteiger partial charge in [0.15, 0.2) is 5.60 Å². The molecule has 44 heavy (non-hydrogen) atoms. The number of aliphatic hydroxyl groups is 1. The Morgan fingerprint density at radius 2 is 2.05 bits per heavy atom. The number of carboxylic acid groups (broad SMARTS) is 1. The summed E-state index contributed by atoms with van der Waals surface area (Å²) in [5, 5.41) is 23.9. The molecule has 3 aromatic carbocycles. The Bertz CT molecular complexity index is 1680. The number of rotatable bonds is 9. The molecule has 3 atom stereocenters. The zero-order valence-electron chi connectivity index (χ0n) is 27.9. The second kappa shape index (κ2) is 12.3. The Morgan fingerprint density at radius 1 is 1.23 bits per heavy atom. The maximum atomic E-state index is 11.6. The summed E-state index contributed by atoms with van der Waals surface area (Å²) in [7, 11) is -2.64. The third kappa shape index (κ3) is 5.86. The van der Waals surface area contributed by atoms with Gasteiger partial charge in [-0.05, 0) is 93.2 Å². The van der Waals surface area contributed by atoms with Crippen LogP contribution in [0.15, 0.2) is 60.7 Å². The van der Waals surface area contributed by atoms with Gasteiger partial charge in [0.05, 0.1) is 34.2 Å². The number of fused-ring (bicyclic) bond motifs is 2. The van der Waals surface area contributed by atoms with Gasteiger partial charge in [0.25, 0.3) is 0 Å². The second-order valence-corrected chi connectivity index (χ2v) is 12.5.